The van der Waals surface area contributed by atoms with Gasteiger partial charge in [-0.2, -0.15) is 4.98 Å². The van der Waals surface area contributed by atoms with E-state index < -0.39 is 0 Å². The Labute approximate surface area is 114 Å². The lowest BCUT2D eigenvalue weighted by Gasteiger charge is -2.03. The second-order valence-corrected chi connectivity index (χ2v) is 4.57. The van der Waals surface area contributed by atoms with Crippen LogP contribution in [0.5, 0.6) is 5.75 Å². The Kier molecular flexibility index (Phi) is 4.33. The largest absolute Gasteiger partial charge is 0.496 e. The molecule has 0 saturated heterocycles. The second kappa shape index (κ2) is 5.97. The van der Waals surface area contributed by atoms with Gasteiger partial charge in [-0.15, -0.1) is 0 Å². The molecule has 0 aliphatic rings. The molecule has 2 rings (SSSR count). The van der Waals surface area contributed by atoms with Crippen molar-refractivity contribution in [1.82, 2.24) is 15.5 Å². The molecule has 0 atom stereocenters. The summed E-state index contributed by atoms with van der Waals surface area (Å²) in [5, 5.41) is 7.00. The zero-order valence-corrected chi connectivity index (χ0v) is 11.8. The number of nitrogens with zero attached hydrogens (tertiary/aromatic N) is 2. The molecule has 1 aromatic heterocycles. The lowest BCUT2D eigenvalue weighted by molar-refractivity contribution is 0.377. The fraction of sp³-hybridized carbons (Fsp3) is 0.333. The van der Waals surface area contributed by atoms with Gasteiger partial charge >= 0.3 is 0 Å². The molecule has 6 heteroatoms. The van der Waals surface area contributed by atoms with Crippen molar-refractivity contribution in [3.8, 4) is 17.1 Å². The van der Waals surface area contributed by atoms with E-state index in [1.54, 1.807) is 7.11 Å². The number of benzene rings is 1. The zero-order valence-electron chi connectivity index (χ0n) is 10.2. The molecule has 2 aromatic rings. The van der Waals surface area contributed by atoms with E-state index in [4.69, 9.17) is 9.26 Å². The van der Waals surface area contributed by atoms with E-state index in [9.17, 15) is 0 Å². The van der Waals surface area contributed by atoms with Crippen LogP contribution in [-0.4, -0.2) is 30.8 Å². The summed E-state index contributed by atoms with van der Waals surface area (Å²) in [6.07, 6.45) is 0.723. The molecule has 0 aliphatic carbocycles. The molecule has 1 heterocycles. The van der Waals surface area contributed by atoms with Gasteiger partial charge in [0.15, 0.2) is 0 Å². The minimum atomic E-state index is 0.587. The quantitative estimate of drug-likeness (QED) is 0.918. The van der Waals surface area contributed by atoms with E-state index in [0.717, 1.165) is 28.8 Å². The lowest BCUT2D eigenvalue weighted by Crippen LogP contribution is -2.10. The van der Waals surface area contributed by atoms with Crippen LogP contribution in [0, 0.1) is 0 Å². The molecule has 5 nitrogen and oxygen atoms in total. The average molecular weight is 312 g/mol. The molecule has 0 saturated carbocycles. The number of aromatic nitrogens is 2. The number of hydrogen-bond acceptors (Lipinski definition) is 5. The van der Waals surface area contributed by atoms with Gasteiger partial charge in [-0.05, 0) is 41.2 Å². The summed E-state index contributed by atoms with van der Waals surface area (Å²) in [4.78, 5) is 4.34. The van der Waals surface area contributed by atoms with Crippen molar-refractivity contribution in [2.45, 2.75) is 6.42 Å². The summed E-state index contributed by atoms with van der Waals surface area (Å²) in [5.41, 5.74) is 0.891. The van der Waals surface area contributed by atoms with E-state index in [-0.39, 0.29) is 0 Å². The minimum Gasteiger partial charge on any atom is -0.496 e. The van der Waals surface area contributed by atoms with Gasteiger partial charge in [0.1, 0.15) is 5.75 Å². The van der Waals surface area contributed by atoms with E-state index >= 15 is 0 Å². The molecule has 0 unspecified atom stereocenters. The zero-order chi connectivity index (χ0) is 13.0. The number of likely N-dealkylation sites (N-methyl/N-ethyl adjacent to an activating group) is 1. The van der Waals surface area contributed by atoms with Crippen molar-refractivity contribution in [3.63, 3.8) is 0 Å². The maximum Gasteiger partial charge on any atom is 0.228 e. The Balaban J connectivity index is 2.20. The Hall–Kier alpha value is -1.40. The van der Waals surface area contributed by atoms with Gasteiger partial charge in [0.25, 0.3) is 0 Å². The summed E-state index contributed by atoms with van der Waals surface area (Å²) < 4.78 is 11.2. The van der Waals surface area contributed by atoms with Crippen molar-refractivity contribution >= 4 is 15.9 Å². The predicted octanol–water partition coefficient (Wildman–Crippen LogP) is 2.27. The maximum absolute atomic E-state index is 5.17. The highest BCUT2D eigenvalue weighted by atomic mass is 79.9. The van der Waals surface area contributed by atoms with Crippen LogP contribution in [0.4, 0.5) is 0 Å². The lowest BCUT2D eigenvalue weighted by atomic mass is 10.2. The Morgan fingerprint density at radius 2 is 2.28 bits per heavy atom. The summed E-state index contributed by atoms with van der Waals surface area (Å²) in [6, 6.07) is 5.67. The standard InChI is InChI=1S/C12H14BrN3O2/c1-14-6-5-11-15-12(16-18-11)8-3-4-10(17-2)9(13)7-8/h3-4,7,14H,5-6H2,1-2H3. The SMILES string of the molecule is CNCCc1nc(-c2ccc(OC)c(Br)c2)no1. The third kappa shape index (κ3) is 2.88. The molecule has 0 radical (unpaired) electrons. The minimum absolute atomic E-state index is 0.587. The van der Waals surface area contributed by atoms with Gasteiger partial charge in [-0.25, -0.2) is 0 Å². The molecule has 0 bridgehead atoms. The molecule has 0 amide bonds. The van der Waals surface area contributed by atoms with Gasteiger partial charge in [-0.1, -0.05) is 5.16 Å². The van der Waals surface area contributed by atoms with Crippen LogP contribution in [-0.2, 0) is 6.42 Å². The predicted molar refractivity (Wildman–Crippen MR) is 71.6 cm³/mol. The smallest absolute Gasteiger partial charge is 0.228 e. The number of halogens is 1. The molecule has 0 aliphatic heterocycles. The first-order valence-corrected chi connectivity index (χ1v) is 6.35. The number of ether oxygens (including phenoxy) is 1. The van der Waals surface area contributed by atoms with Gasteiger partial charge in [0, 0.05) is 18.5 Å². The maximum atomic E-state index is 5.17. The highest BCUT2D eigenvalue weighted by molar-refractivity contribution is 9.10. The Morgan fingerprint density at radius 1 is 1.44 bits per heavy atom. The second-order valence-electron chi connectivity index (χ2n) is 3.71. The fourth-order valence-corrected chi connectivity index (χ4v) is 2.05. The van der Waals surface area contributed by atoms with Crippen LogP contribution < -0.4 is 10.1 Å². The van der Waals surface area contributed by atoms with E-state index in [1.165, 1.54) is 0 Å². The van der Waals surface area contributed by atoms with Gasteiger partial charge in [0.05, 0.1) is 11.6 Å². The van der Waals surface area contributed by atoms with Gasteiger partial charge < -0.3 is 14.6 Å². The van der Waals surface area contributed by atoms with E-state index in [0.29, 0.717) is 11.7 Å². The summed E-state index contributed by atoms with van der Waals surface area (Å²) in [5.74, 6) is 1.99. The number of hydrogen-bond donors (Lipinski definition) is 1. The Morgan fingerprint density at radius 3 is 2.94 bits per heavy atom. The first-order valence-electron chi connectivity index (χ1n) is 5.55. The van der Waals surface area contributed by atoms with Crippen LogP contribution in [0.25, 0.3) is 11.4 Å². The first-order chi connectivity index (χ1) is 8.74. The van der Waals surface area contributed by atoms with Crippen molar-refractivity contribution in [2.75, 3.05) is 20.7 Å². The fourth-order valence-electron chi connectivity index (χ4n) is 1.51. The monoisotopic (exact) mass is 311 g/mol. The third-order valence-electron chi connectivity index (χ3n) is 2.47. The molecular weight excluding hydrogens is 298 g/mol. The molecule has 1 aromatic carbocycles. The number of methoxy groups -OCH3 is 1. The summed E-state index contributed by atoms with van der Waals surface area (Å²) in [6.45, 7) is 0.813. The van der Waals surface area contributed by atoms with Crippen LogP contribution in [0.2, 0.25) is 0 Å². The molecule has 18 heavy (non-hydrogen) atoms. The Bertz CT molecular complexity index is 528. The topological polar surface area (TPSA) is 60.2 Å². The molecule has 96 valence electrons. The van der Waals surface area contributed by atoms with Gasteiger partial charge in [0.2, 0.25) is 11.7 Å². The third-order valence-corrected chi connectivity index (χ3v) is 3.09. The number of nitrogens with one attached hydrogen (secondary N) is 1. The average Bonchev–Trinajstić information content (AvgIpc) is 2.85. The van der Waals surface area contributed by atoms with Crippen molar-refractivity contribution < 1.29 is 9.26 Å². The first kappa shape index (κ1) is 13.0. The van der Waals surface area contributed by atoms with Crippen LogP contribution in [0.1, 0.15) is 5.89 Å². The summed E-state index contributed by atoms with van der Waals surface area (Å²) >= 11 is 3.43. The van der Waals surface area contributed by atoms with E-state index in [1.807, 2.05) is 25.2 Å². The van der Waals surface area contributed by atoms with Gasteiger partial charge in [-0.3, -0.25) is 0 Å². The molecular formula is C12H14BrN3O2. The molecule has 0 spiro atoms. The molecule has 1 N–H and O–H groups in total. The highest BCUT2D eigenvalue weighted by Gasteiger charge is 2.10. The van der Waals surface area contributed by atoms with Crippen molar-refractivity contribution in [3.05, 3.63) is 28.6 Å². The van der Waals surface area contributed by atoms with Crippen LogP contribution >= 0.6 is 15.9 Å². The van der Waals surface area contributed by atoms with Crippen molar-refractivity contribution in [1.29, 1.82) is 0 Å². The van der Waals surface area contributed by atoms with E-state index in [2.05, 4.69) is 31.4 Å². The van der Waals surface area contributed by atoms with Crippen LogP contribution in [0.3, 0.4) is 0 Å². The number of rotatable bonds is 5. The molecule has 0 fully saturated rings. The highest BCUT2D eigenvalue weighted by Crippen LogP contribution is 2.29. The normalized spacial score (nSPS) is 10.6. The van der Waals surface area contributed by atoms with Crippen molar-refractivity contribution in [2.24, 2.45) is 0 Å². The summed E-state index contributed by atoms with van der Waals surface area (Å²) in [7, 11) is 3.52. The van der Waals surface area contributed by atoms with Crippen LogP contribution in [0.15, 0.2) is 27.2 Å².